The van der Waals surface area contributed by atoms with Gasteiger partial charge in [-0.1, -0.05) is 19.3 Å². The Kier molecular flexibility index (Phi) is 3.18. The third-order valence-corrected chi connectivity index (χ3v) is 3.91. The van der Waals surface area contributed by atoms with Gasteiger partial charge in [-0.2, -0.15) is 5.26 Å². The van der Waals surface area contributed by atoms with E-state index >= 15 is 0 Å². The average Bonchev–Trinajstić information content (AvgIpc) is 3.12. The lowest BCUT2D eigenvalue weighted by atomic mass is 9.74. The van der Waals surface area contributed by atoms with Crippen molar-refractivity contribution in [2.24, 2.45) is 11.3 Å². The molecule has 0 atom stereocenters. The third-order valence-electron chi connectivity index (χ3n) is 3.91. The van der Waals surface area contributed by atoms with Gasteiger partial charge in [-0.3, -0.25) is 4.79 Å². The first-order chi connectivity index (χ1) is 7.68. The Morgan fingerprint density at radius 3 is 2.50 bits per heavy atom. The quantitative estimate of drug-likeness (QED) is 0.732. The van der Waals surface area contributed by atoms with Crippen molar-refractivity contribution in [1.82, 2.24) is 4.90 Å². The molecule has 2 fully saturated rings. The number of nitriles is 1. The molecule has 3 nitrogen and oxygen atoms in total. The predicted molar refractivity (Wildman–Crippen MR) is 61.5 cm³/mol. The first-order valence-electron chi connectivity index (χ1n) is 6.35. The van der Waals surface area contributed by atoms with Crippen LogP contribution in [0.4, 0.5) is 0 Å². The van der Waals surface area contributed by atoms with E-state index in [1.807, 2.05) is 7.05 Å². The summed E-state index contributed by atoms with van der Waals surface area (Å²) in [5.41, 5.74) is -0.693. The number of carbonyl (C=O) groups is 1. The average molecular weight is 220 g/mol. The molecule has 88 valence electrons. The summed E-state index contributed by atoms with van der Waals surface area (Å²) < 4.78 is 0. The second-order valence-corrected chi connectivity index (χ2v) is 5.38. The highest BCUT2D eigenvalue weighted by atomic mass is 16.2. The van der Waals surface area contributed by atoms with E-state index in [0.29, 0.717) is 5.92 Å². The summed E-state index contributed by atoms with van der Waals surface area (Å²) in [5, 5.41) is 9.31. The monoisotopic (exact) mass is 220 g/mol. The molecule has 2 aliphatic carbocycles. The number of amides is 1. The van der Waals surface area contributed by atoms with Crippen molar-refractivity contribution in [1.29, 1.82) is 5.26 Å². The Morgan fingerprint density at radius 2 is 2.00 bits per heavy atom. The molecule has 16 heavy (non-hydrogen) atoms. The Bertz CT molecular complexity index is 308. The van der Waals surface area contributed by atoms with Crippen molar-refractivity contribution in [3.8, 4) is 6.07 Å². The molecule has 0 N–H and O–H groups in total. The lowest BCUT2D eigenvalue weighted by molar-refractivity contribution is -0.139. The van der Waals surface area contributed by atoms with Crippen LogP contribution in [0.15, 0.2) is 0 Å². The van der Waals surface area contributed by atoms with Gasteiger partial charge in [-0.05, 0) is 31.6 Å². The van der Waals surface area contributed by atoms with Crippen LogP contribution in [0.2, 0.25) is 0 Å². The van der Waals surface area contributed by atoms with Gasteiger partial charge in [0, 0.05) is 13.6 Å². The maximum atomic E-state index is 12.3. The first kappa shape index (κ1) is 11.4. The summed E-state index contributed by atoms with van der Waals surface area (Å²) in [6.07, 6.45) is 7.24. The molecule has 0 bridgehead atoms. The topological polar surface area (TPSA) is 44.1 Å². The molecule has 0 aromatic carbocycles. The number of rotatable bonds is 3. The Labute approximate surface area is 97.4 Å². The van der Waals surface area contributed by atoms with Crippen molar-refractivity contribution in [3.05, 3.63) is 0 Å². The number of nitrogens with zero attached hydrogens (tertiary/aromatic N) is 2. The summed E-state index contributed by atoms with van der Waals surface area (Å²) in [6, 6.07) is 2.30. The normalized spacial score (nSPS) is 23.5. The van der Waals surface area contributed by atoms with E-state index in [2.05, 4.69) is 6.07 Å². The minimum absolute atomic E-state index is 0.0709. The Balaban J connectivity index is 2.01. The van der Waals surface area contributed by atoms with E-state index in [9.17, 15) is 10.1 Å². The van der Waals surface area contributed by atoms with Gasteiger partial charge in [0.05, 0.1) is 6.07 Å². The molecule has 1 amide bonds. The molecule has 0 aliphatic heterocycles. The first-order valence-corrected chi connectivity index (χ1v) is 6.35. The Hall–Kier alpha value is -1.04. The predicted octanol–water partition coefficient (Wildman–Crippen LogP) is 2.33. The van der Waals surface area contributed by atoms with Crippen molar-refractivity contribution in [2.75, 3.05) is 13.6 Å². The van der Waals surface area contributed by atoms with Gasteiger partial charge in [0.2, 0.25) is 5.91 Å². The highest BCUT2D eigenvalue weighted by Gasteiger charge is 2.42. The summed E-state index contributed by atoms with van der Waals surface area (Å²) in [7, 11) is 1.86. The van der Waals surface area contributed by atoms with Crippen LogP contribution < -0.4 is 0 Å². The number of hydrogen-bond acceptors (Lipinski definition) is 2. The zero-order valence-electron chi connectivity index (χ0n) is 10.0. The van der Waals surface area contributed by atoms with Gasteiger partial charge >= 0.3 is 0 Å². The summed E-state index contributed by atoms with van der Waals surface area (Å²) >= 11 is 0. The lowest BCUT2D eigenvalue weighted by Gasteiger charge is -2.33. The lowest BCUT2D eigenvalue weighted by Crippen LogP contribution is -2.43. The van der Waals surface area contributed by atoms with Gasteiger partial charge in [0.25, 0.3) is 0 Å². The van der Waals surface area contributed by atoms with E-state index in [1.165, 1.54) is 19.3 Å². The standard InChI is InChI=1S/C13H20N2O/c1-15(9-11-5-6-11)12(16)13(10-14)7-3-2-4-8-13/h11H,2-9H2,1H3. The van der Waals surface area contributed by atoms with Crippen LogP contribution in [-0.2, 0) is 4.79 Å². The molecule has 0 aromatic rings. The van der Waals surface area contributed by atoms with Gasteiger partial charge in [-0.15, -0.1) is 0 Å². The smallest absolute Gasteiger partial charge is 0.242 e. The SMILES string of the molecule is CN(CC1CC1)C(=O)C1(C#N)CCCCC1. The fourth-order valence-electron chi connectivity index (χ4n) is 2.66. The largest absolute Gasteiger partial charge is 0.344 e. The van der Waals surface area contributed by atoms with Crippen LogP contribution >= 0.6 is 0 Å². The minimum Gasteiger partial charge on any atom is -0.344 e. The maximum Gasteiger partial charge on any atom is 0.242 e. The van der Waals surface area contributed by atoms with E-state index in [-0.39, 0.29) is 5.91 Å². The third kappa shape index (κ3) is 2.21. The Morgan fingerprint density at radius 1 is 1.38 bits per heavy atom. The van der Waals surface area contributed by atoms with Crippen LogP contribution in [0.25, 0.3) is 0 Å². The summed E-state index contributed by atoms with van der Waals surface area (Å²) in [6.45, 7) is 0.849. The molecule has 2 aliphatic rings. The van der Waals surface area contributed by atoms with E-state index in [4.69, 9.17) is 0 Å². The molecular weight excluding hydrogens is 200 g/mol. The minimum atomic E-state index is -0.693. The molecule has 3 heteroatoms. The van der Waals surface area contributed by atoms with Crippen LogP contribution in [0.5, 0.6) is 0 Å². The van der Waals surface area contributed by atoms with E-state index < -0.39 is 5.41 Å². The molecule has 0 heterocycles. The van der Waals surface area contributed by atoms with Crippen LogP contribution in [0.3, 0.4) is 0 Å². The second-order valence-electron chi connectivity index (χ2n) is 5.38. The molecule has 0 unspecified atom stereocenters. The highest BCUT2D eigenvalue weighted by Crippen LogP contribution is 2.38. The zero-order chi connectivity index (χ0) is 11.6. The van der Waals surface area contributed by atoms with Crippen molar-refractivity contribution in [2.45, 2.75) is 44.9 Å². The van der Waals surface area contributed by atoms with E-state index in [1.54, 1.807) is 4.90 Å². The van der Waals surface area contributed by atoms with Crippen LogP contribution in [0, 0.1) is 22.7 Å². The maximum absolute atomic E-state index is 12.3. The summed E-state index contributed by atoms with van der Waals surface area (Å²) in [5.74, 6) is 0.773. The molecular formula is C13H20N2O. The number of carbonyl (C=O) groups excluding carboxylic acids is 1. The fourth-order valence-corrected chi connectivity index (χ4v) is 2.66. The van der Waals surface area contributed by atoms with Gasteiger partial charge in [0.15, 0.2) is 0 Å². The highest BCUT2D eigenvalue weighted by molar-refractivity contribution is 5.85. The molecule has 0 saturated heterocycles. The second kappa shape index (κ2) is 4.45. The molecule has 0 spiro atoms. The summed E-state index contributed by atoms with van der Waals surface area (Å²) in [4.78, 5) is 14.1. The molecule has 2 saturated carbocycles. The molecule has 0 radical (unpaired) electrons. The van der Waals surface area contributed by atoms with Gasteiger partial charge in [0.1, 0.15) is 5.41 Å². The van der Waals surface area contributed by atoms with E-state index in [0.717, 1.165) is 32.2 Å². The number of hydrogen-bond donors (Lipinski definition) is 0. The zero-order valence-corrected chi connectivity index (χ0v) is 10.0. The molecule has 0 aromatic heterocycles. The van der Waals surface area contributed by atoms with Crippen molar-refractivity contribution >= 4 is 5.91 Å². The van der Waals surface area contributed by atoms with Gasteiger partial charge < -0.3 is 4.90 Å². The van der Waals surface area contributed by atoms with Crippen molar-refractivity contribution in [3.63, 3.8) is 0 Å². The van der Waals surface area contributed by atoms with Crippen LogP contribution in [-0.4, -0.2) is 24.4 Å². The van der Waals surface area contributed by atoms with Crippen molar-refractivity contribution < 1.29 is 4.79 Å². The molecule has 2 rings (SSSR count). The fraction of sp³-hybridized carbons (Fsp3) is 0.846. The van der Waals surface area contributed by atoms with Gasteiger partial charge in [-0.25, -0.2) is 0 Å². The van der Waals surface area contributed by atoms with Crippen LogP contribution in [0.1, 0.15) is 44.9 Å².